The maximum absolute atomic E-state index is 14.4. The first-order valence-electron chi connectivity index (χ1n) is 7.72. The Bertz CT molecular complexity index is 851. The van der Waals surface area contributed by atoms with Gasteiger partial charge < -0.3 is 9.64 Å². The SMILES string of the molecule is COc1ccc(CN2c3ccccc3Sc3ccccc32)c(F)c1. The Balaban J connectivity index is 1.78. The minimum atomic E-state index is -0.248. The van der Waals surface area contributed by atoms with Gasteiger partial charge in [-0.1, -0.05) is 42.1 Å². The van der Waals surface area contributed by atoms with Crippen LogP contribution < -0.4 is 9.64 Å². The second-order valence-corrected chi connectivity index (χ2v) is 6.66. The molecular formula is C20H16FNOS. The quantitative estimate of drug-likeness (QED) is 0.614. The summed E-state index contributed by atoms with van der Waals surface area (Å²) in [5.74, 6) is 0.286. The first-order valence-corrected chi connectivity index (χ1v) is 8.54. The van der Waals surface area contributed by atoms with E-state index in [0.29, 0.717) is 17.9 Å². The molecule has 0 N–H and O–H groups in total. The van der Waals surface area contributed by atoms with Crippen molar-refractivity contribution in [3.05, 3.63) is 78.1 Å². The Morgan fingerprint density at radius 2 is 1.54 bits per heavy atom. The van der Waals surface area contributed by atoms with Crippen molar-refractivity contribution in [1.29, 1.82) is 0 Å². The number of nitrogens with zero attached hydrogens (tertiary/aromatic N) is 1. The summed E-state index contributed by atoms with van der Waals surface area (Å²) in [6.45, 7) is 0.477. The van der Waals surface area contributed by atoms with E-state index in [0.717, 1.165) is 11.4 Å². The molecule has 0 aromatic heterocycles. The van der Waals surface area contributed by atoms with Crippen LogP contribution in [-0.4, -0.2) is 7.11 Å². The number of fused-ring (bicyclic) bond motifs is 2. The lowest BCUT2D eigenvalue weighted by Gasteiger charge is -2.32. The maximum Gasteiger partial charge on any atom is 0.131 e. The van der Waals surface area contributed by atoms with Gasteiger partial charge in [0, 0.05) is 21.4 Å². The van der Waals surface area contributed by atoms with Crippen molar-refractivity contribution in [1.82, 2.24) is 0 Å². The molecule has 2 nitrogen and oxygen atoms in total. The molecule has 0 spiro atoms. The zero-order valence-corrected chi connectivity index (χ0v) is 14.0. The number of halogens is 1. The van der Waals surface area contributed by atoms with Crippen molar-refractivity contribution >= 4 is 23.1 Å². The molecule has 4 rings (SSSR count). The van der Waals surface area contributed by atoms with E-state index in [2.05, 4.69) is 29.2 Å². The van der Waals surface area contributed by atoms with Gasteiger partial charge in [0.25, 0.3) is 0 Å². The smallest absolute Gasteiger partial charge is 0.131 e. The molecule has 3 aromatic rings. The standard InChI is InChI=1S/C20H16FNOS/c1-23-15-11-10-14(16(21)12-15)13-22-17-6-2-4-8-19(17)24-20-9-5-3-7-18(20)22/h2-12H,13H2,1H3. The summed E-state index contributed by atoms with van der Waals surface area (Å²) >= 11 is 1.75. The summed E-state index contributed by atoms with van der Waals surface area (Å²) < 4.78 is 19.5. The fourth-order valence-corrected chi connectivity index (χ4v) is 4.00. The van der Waals surface area contributed by atoms with Gasteiger partial charge in [-0.25, -0.2) is 4.39 Å². The second kappa shape index (κ2) is 6.21. The number of anilines is 2. The normalized spacial score (nSPS) is 12.5. The predicted octanol–water partition coefficient (Wildman–Crippen LogP) is 5.64. The van der Waals surface area contributed by atoms with Gasteiger partial charge in [0.2, 0.25) is 0 Å². The fourth-order valence-electron chi connectivity index (χ4n) is 2.91. The van der Waals surface area contributed by atoms with Crippen molar-refractivity contribution in [2.75, 3.05) is 12.0 Å². The zero-order valence-electron chi connectivity index (χ0n) is 13.2. The lowest BCUT2D eigenvalue weighted by Crippen LogP contribution is -2.20. The molecule has 0 saturated carbocycles. The van der Waals surface area contributed by atoms with E-state index in [4.69, 9.17) is 4.74 Å². The molecule has 0 unspecified atom stereocenters. The van der Waals surface area contributed by atoms with Crippen LogP contribution in [0.2, 0.25) is 0 Å². The molecular weight excluding hydrogens is 321 g/mol. The Morgan fingerprint density at radius 3 is 2.12 bits per heavy atom. The molecule has 0 atom stereocenters. The summed E-state index contributed by atoms with van der Waals surface area (Å²) in [6, 6.07) is 21.5. The predicted molar refractivity (Wildman–Crippen MR) is 95.8 cm³/mol. The van der Waals surface area contributed by atoms with E-state index in [1.807, 2.05) is 24.3 Å². The van der Waals surface area contributed by atoms with Gasteiger partial charge in [0.1, 0.15) is 11.6 Å². The summed E-state index contributed by atoms with van der Waals surface area (Å²) in [5, 5.41) is 0. The van der Waals surface area contributed by atoms with Crippen molar-refractivity contribution in [3.63, 3.8) is 0 Å². The van der Waals surface area contributed by atoms with Gasteiger partial charge in [0.05, 0.1) is 25.0 Å². The van der Waals surface area contributed by atoms with Gasteiger partial charge in [-0.3, -0.25) is 0 Å². The second-order valence-electron chi connectivity index (χ2n) is 5.58. The number of hydrogen-bond donors (Lipinski definition) is 0. The van der Waals surface area contributed by atoms with Crippen LogP contribution in [0, 0.1) is 5.82 Å². The summed E-state index contributed by atoms with van der Waals surface area (Å²) in [7, 11) is 1.54. The number of hydrogen-bond acceptors (Lipinski definition) is 3. The van der Waals surface area contributed by atoms with Crippen molar-refractivity contribution < 1.29 is 9.13 Å². The number of benzene rings is 3. The number of rotatable bonds is 3. The monoisotopic (exact) mass is 337 g/mol. The first-order chi connectivity index (χ1) is 11.8. The molecule has 1 aliphatic heterocycles. The van der Waals surface area contributed by atoms with Crippen LogP contribution >= 0.6 is 11.8 Å². The molecule has 120 valence electrons. The summed E-state index contributed by atoms with van der Waals surface area (Å²) in [4.78, 5) is 4.54. The topological polar surface area (TPSA) is 12.5 Å². The van der Waals surface area contributed by atoms with Crippen LogP contribution in [0.25, 0.3) is 0 Å². The third kappa shape index (κ3) is 2.63. The Morgan fingerprint density at radius 1 is 0.917 bits per heavy atom. The van der Waals surface area contributed by atoms with Gasteiger partial charge in [-0.05, 0) is 30.3 Å². The average molecular weight is 337 g/mol. The molecule has 0 fully saturated rings. The van der Waals surface area contributed by atoms with E-state index in [1.165, 1.54) is 15.9 Å². The Labute approximate surface area is 144 Å². The van der Waals surface area contributed by atoms with E-state index in [1.54, 1.807) is 31.0 Å². The highest BCUT2D eigenvalue weighted by atomic mass is 32.2. The highest BCUT2D eigenvalue weighted by Crippen LogP contribution is 2.48. The Hall–Kier alpha value is -2.46. The molecule has 1 aliphatic rings. The minimum absolute atomic E-state index is 0.248. The Kier molecular flexibility index (Phi) is 3.90. The minimum Gasteiger partial charge on any atom is -0.497 e. The van der Waals surface area contributed by atoms with Crippen LogP contribution in [0.15, 0.2) is 76.5 Å². The zero-order chi connectivity index (χ0) is 16.5. The molecule has 4 heteroatoms. The number of ether oxygens (including phenoxy) is 1. The van der Waals surface area contributed by atoms with E-state index >= 15 is 0 Å². The molecule has 24 heavy (non-hydrogen) atoms. The van der Waals surface area contributed by atoms with Crippen LogP contribution in [0.3, 0.4) is 0 Å². The third-order valence-electron chi connectivity index (χ3n) is 4.12. The number of methoxy groups -OCH3 is 1. The van der Waals surface area contributed by atoms with Crippen LogP contribution in [0.4, 0.5) is 15.8 Å². The van der Waals surface area contributed by atoms with E-state index < -0.39 is 0 Å². The lowest BCUT2D eigenvalue weighted by atomic mass is 10.1. The van der Waals surface area contributed by atoms with Crippen molar-refractivity contribution in [3.8, 4) is 5.75 Å². The molecule has 3 aromatic carbocycles. The van der Waals surface area contributed by atoms with Gasteiger partial charge in [-0.15, -0.1) is 0 Å². The average Bonchev–Trinajstić information content (AvgIpc) is 2.62. The molecule has 0 saturated heterocycles. The van der Waals surface area contributed by atoms with Crippen molar-refractivity contribution in [2.24, 2.45) is 0 Å². The van der Waals surface area contributed by atoms with E-state index in [-0.39, 0.29) is 5.82 Å². The molecule has 0 amide bonds. The van der Waals surface area contributed by atoms with Gasteiger partial charge >= 0.3 is 0 Å². The fraction of sp³-hybridized carbons (Fsp3) is 0.100. The number of para-hydroxylation sites is 2. The van der Waals surface area contributed by atoms with Crippen LogP contribution in [0.5, 0.6) is 5.75 Å². The van der Waals surface area contributed by atoms with Crippen LogP contribution in [-0.2, 0) is 6.54 Å². The largest absolute Gasteiger partial charge is 0.497 e. The molecule has 1 heterocycles. The summed E-state index contributed by atoms with van der Waals surface area (Å²) in [5.41, 5.74) is 2.86. The summed E-state index contributed by atoms with van der Waals surface area (Å²) in [6.07, 6.45) is 0. The maximum atomic E-state index is 14.4. The van der Waals surface area contributed by atoms with Crippen molar-refractivity contribution in [2.45, 2.75) is 16.3 Å². The van der Waals surface area contributed by atoms with Crippen LogP contribution in [0.1, 0.15) is 5.56 Å². The lowest BCUT2D eigenvalue weighted by molar-refractivity contribution is 0.410. The molecule has 0 bridgehead atoms. The van der Waals surface area contributed by atoms with E-state index in [9.17, 15) is 4.39 Å². The van der Waals surface area contributed by atoms with Gasteiger partial charge in [0.15, 0.2) is 0 Å². The highest BCUT2D eigenvalue weighted by molar-refractivity contribution is 7.99. The molecule has 0 aliphatic carbocycles. The third-order valence-corrected chi connectivity index (χ3v) is 5.25. The molecule has 0 radical (unpaired) electrons. The first kappa shape index (κ1) is 15.1. The van der Waals surface area contributed by atoms with Gasteiger partial charge in [-0.2, -0.15) is 0 Å². The highest BCUT2D eigenvalue weighted by Gasteiger charge is 2.23.